The highest BCUT2D eigenvalue weighted by atomic mass is 35.5. The number of aliphatic hydroxyl groups is 1. The van der Waals surface area contributed by atoms with E-state index in [9.17, 15) is 13.5 Å². The SMILES string of the molecule is CC(C(O)(Cn1cncn1)c1ccc(Cl)cc1Cl)S(C)(=O)=O. The molecule has 0 aliphatic rings. The second-order valence-corrected chi connectivity index (χ2v) is 8.32. The summed E-state index contributed by atoms with van der Waals surface area (Å²) in [5.74, 6) is 0. The van der Waals surface area contributed by atoms with E-state index in [2.05, 4.69) is 10.1 Å². The summed E-state index contributed by atoms with van der Waals surface area (Å²) >= 11 is 12.0. The van der Waals surface area contributed by atoms with Gasteiger partial charge in [-0.2, -0.15) is 5.10 Å². The average Bonchev–Trinajstić information content (AvgIpc) is 2.89. The molecule has 1 aromatic carbocycles. The molecule has 0 aliphatic carbocycles. The first kappa shape index (κ1) is 17.2. The average molecular weight is 364 g/mol. The molecule has 1 N–H and O–H groups in total. The fourth-order valence-corrected chi connectivity index (χ4v) is 3.67. The van der Waals surface area contributed by atoms with Gasteiger partial charge in [0.05, 0.1) is 11.8 Å². The summed E-state index contributed by atoms with van der Waals surface area (Å²) < 4.78 is 25.3. The molecule has 22 heavy (non-hydrogen) atoms. The van der Waals surface area contributed by atoms with Crippen LogP contribution < -0.4 is 0 Å². The van der Waals surface area contributed by atoms with Crippen molar-refractivity contribution in [3.8, 4) is 0 Å². The minimum absolute atomic E-state index is 0.109. The number of aromatic nitrogens is 3. The second-order valence-electron chi connectivity index (χ2n) is 5.11. The van der Waals surface area contributed by atoms with Crippen molar-refractivity contribution in [2.24, 2.45) is 0 Å². The molecule has 0 aliphatic heterocycles. The molecule has 2 unspecified atom stereocenters. The summed E-state index contributed by atoms with van der Waals surface area (Å²) in [7, 11) is -3.54. The van der Waals surface area contributed by atoms with Crippen LogP contribution in [0.5, 0.6) is 0 Å². The zero-order valence-electron chi connectivity index (χ0n) is 11.9. The highest BCUT2D eigenvalue weighted by Crippen LogP contribution is 2.36. The van der Waals surface area contributed by atoms with Gasteiger partial charge in [0.15, 0.2) is 9.84 Å². The number of halogens is 2. The van der Waals surface area contributed by atoms with Gasteiger partial charge in [0.25, 0.3) is 0 Å². The summed E-state index contributed by atoms with van der Waals surface area (Å²) in [6.07, 6.45) is 3.76. The molecular weight excluding hydrogens is 349 g/mol. The van der Waals surface area contributed by atoms with E-state index in [4.69, 9.17) is 23.2 Å². The molecule has 2 rings (SSSR count). The molecule has 0 amide bonds. The Morgan fingerprint density at radius 1 is 1.41 bits per heavy atom. The van der Waals surface area contributed by atoms with Crippen molar-refractivity contribution in [3.63, 3.8) is 0 Å². The van der Waals surface area contributed by atoms with Crippen LogP contribution in [0.15, 0.2) is 30.9 Å². The monoisotopic (exact) mass is 363 g/mol. The van der Waals surface area contributed by atoms with Crippen molar-refractivity contribution in [3.05, 3.63) is 46.5 Å². The number of sulfone groups is 1. The molecule has 0 fully saturated rings. The van der Waals surface area contributed by atoms with Crippen LogP contribution >= 0.6 is 23.2 Å². The smallest absolute Gasteiger partial charge is 0.153 e. The van der Waals surface area contributed by atoms with Crippen LogP contribution in [0.25, 0.3) is 0 Å². The minimum Gasteiger partial charge on any atom is -0.382 e. The van der Waals surface area contributed by atoms with Gasteiger partial charge in [-0.25, -0.2) is 18.1 Å². The standard InChI is InChI=1S/C13H15Cl2N3O3S/c1-9(22(2,20)21)13(19,6-18-8-16-7-17-18)11-4-3-10(14)5-12(11)15/h3-5,7-9,19H,6H2,1-2H3. The van der Waals surface area contributed by atoms with Gasteiger partial charge in [-0.05, 0) is 19.1 Å². The molecule has 1 aromatic heterocycles. The first-order valence-corrected chi connectivity index (χ1v) is 9.05. The Hall–Kier alpha value is -1.15. The predicted molar refractivity (Wildman–Crippen MR) is 84.7 cm³/mol. The molecule has 0 saturated carbocycles. The lowest BCUT2D eigenvalue weighted by Gasteiger charge is -2.34. The van der Waals surface area contributed by atoms with E-state index in [0.29, 0.717) is 5.02 Å². The van der Waals surface area contributed by atoms with E-state index < -0.39 is 20.7 Å². The number of rotatable bonds is 5. The van der Waals surface area contributed by atoms with Crippen LogP contribution in [-0.2, 0) is 22.0 Å². The zero-order valence-corrected chi connectivity index (χ0v) is 14.3. The molecule has 0 saturated heterocycles. The van der Waals surface area contributed by atoms with E-state index >= 15 is 0 Å². The van der Waals surface area contributed by atoms with Gasteiger partial charge in [-0.3, -0.25) is 0 Å². The largest absolute Gasteiger partial charge is 0.382 e. The van der Waals surface area contributed by atoms with Gasteiger partial charge in [0.1, 0.15) is 18.3 Å². The number of hydrogen-bond donors (Lipinski definition) is 1. The third-order valence-corrected chi connectivity index (χ3v) is 5.80. The fraction of sp³-hybridized carbons (Fsp3) is 0.385. The van der Waals surface area contributed by atoms with E-state index in [1.165, 1.54) is 36.4 Å². The Labute approximate surface area is 138 Å². The zero-order chi connectivity index (χ0) is 16.5. The van der Waals surface area contributed by atoms with E-state index in [1.807, 2.05) is 0 Å². The summed E-state index contributed by atoms with van der Waals surface area (Å²) in [4.78, 5) is 3.80. The van der Waals surface area contributed by atoms with Crippen molar-refractivity contribution in [2.45, 2.75) is 24.3 Å². The molecule has 0 bridgehead atoms. The number of nitrogens with zero attached hydrogens (tertiary/aromatic N) is 3. The van der Waals surface area contributed by atoms with Crippen molar-refractivity contribution >= 4 is 33.0 Å². The summed E-state index contributed by atoms with van der Waals surface area (Å²) in [5, 5.41) is 14.5. The fourth-order valence-electron chi connectivity index (χ4n) is 2.19. The van der Waals surface area contributed by atoms with Crippen LogP contribution in [0, 0.1) is 0 Å². The highest BCUT2D eigenvalue weighted by Gasteiger charge is 2.43. The Kier molecular flexibility index (Phi) is 4.81. The van der Waals surface area contributed by atoms with Gasteiger partial charge in [0, 0.05) is 21.9 Å². The lowest BCUT2D eigenvalue weighted by atomic mass is 9.90. The van der Waals surface area contributed by atoms with Crippen LogP contribution in [0.3, 0.4) is 0 Å². The van der Waals surface area contributed by atoms with E-state index in [1.54, 1.807) is 6.07 Å². The van der Waals surface area contributed by atoms with Gasteiger partial charge in [0.2, 0.25) is 0 Å². The molecule has 1 heterocycles. The maximum absolute atomic E-state index is 12.0. The Balaban J connectivity index is 2.58. The number of hydrogen-bond acceptors (Lipinski definition) is 5. The first-order valence-electron chi connectivity index (χ1n) is 6.34. The third kappa shape index (κ3) is 3.43. The summed E-state index contributed by atoms with van der Waals surface area (Å²) in [6, 6.07) is 4.52. The molecule has 2 atom stereocenters. The quantitative estimate of drug-likeness (QED) is 0.876. The van der Waals surface area contributed by atoms with Gasteiger partial charge >= 0.3 is 0 Å². The molecule has 0 spiro atoms. The second kappa shape index (κ2) is 6.16. The summed E-state index contributed by atoms with van der Waals surface area (Å²) in [5.41, 5.74) is -1.50. The minimum atomic E-state index is -3.54. The van der Waals surface area contributed by atoms with Crippen molar-refractivity contribution < 1.29 is 13.5 Å². The maximum atomic E-state index is 12.0. The topological polar surface area (TPSA) is 85.1 Å². The Morgan fingerprint density at radius 3 is 2.59 bits per heavy atom. The van der Waals surface area contributed by atoms with Crippen LogP contribution in [0.2, 0.25) is 10.0 Å². The van der Waals surface area contributed by atoms with Crippen molar-refractivity contribution in [1.29, 1.82) is 0 Å². The number of benzene rings is 1. The van der Waals surface area contributed by atoms with Gasteiger partial charge in [-0.1, -0.05) is 29.3 Å². The lowest BCUT2D eigenvalue weighted by molar-refractivity contribution is 0.0146. The first-order chi connectivity index (χ1) is 10.1. The molecule has 9 heteroatoms. The molecule has 0 radical (unpaired) electrons. The maximum Gasteiger partial charge on any atom is 0.153 e. The van der Waals surface area contributed by atoms with Crippen LogP contribution in [-0.4, -0.2) is 39.8 Å². The lowest BCUT2D eigenvalue weighted by Crippen LogP contribution is -2.46. The molecular formula is C13H15Cl2N3O3S. The highest BCUT2D eigenvalue weighted by molar-refractivity contribution is 7.91. The van der Waals surface area contributed by atoms with Gasteiger partial charge < -0.3 is 5.11 Å². The Bertz CT molecular complexity index is 765. The predicted octanol–water partition coefficient (Wildman–Crippen LogP) is 1.91. The van der Waals surface area contributed by atoms with Crippen molar-refractivity contribution in [1.82, 2.24) is 14.8 Å². The Morgan fingerprint density at radius 2 is 2.09 bits per heavy atom. The van der Waals surface area contributed by atoms with Crippen molar-refractivity contribution in [2.75, 3.05) is 6.26 Å². The summed E-state index contributed by atoms with van der Waals surface area (Å²) in [6.45, 7) is 1.32. The normalized spacial score (nSPS) is 16.2. The van der Waals surface area contributed by atoms with Gasteiger partial charge in [-0.15, -0.1) is 0 Å². The van der Waals surface area contributed by atoms with Crippen LogP contribution in [0.4, 0.5) is 0 Å². The molecule has 120 valence electrons. The molecule has 6 nitrogen and oxygen atoms in total. The van der Waals surface area contributed by atoms with E-state index in [0.717, 1.165) is 6.26 Å². The van der Waals surface area contributed by atoms with E-state index in [-0.39, 0.29) is 17.1 Å². The van der Waals surface area contributed by atoms with Crippen LogP contribution in [0.1, 0.15) is 12.5 Å². The molecule has 2 aromatic rings. The third-order valence-electron chi connectivity index (χ3n) is 3.58.